The van der Waals surface area contributed by atoms with E-state index in [9.17, 15) is 4.79 Å². The molecule has 0 radical (unpaired) electrons. The minimum absolute atomic E-state index is 0.264. The molecule has 0 fully saturated rings. The smallest absolute Gasteiger partial charge is 0.257 e. The number of nitrogens with two attached hydrogens (primary N) is 1. The van der Waals surface area contributed by atoms with E-state index in [1.54, 1.807) is 36.5 Å². The maximum absolute atomic E-state index is 12.3. The summed E-state index contributed by atoms with van der Waals surface area (Å²) in [4.78, 5) is 18.4. The third-order valence-electron chi connectivity index (χ3n) is 2.72. The molecular weight excluding hydrogens is 320 g/mol. The van der Waals surface area contributed by atoms with Gasteiger partial charge in [0, 0.05) is 30.5 Å². The van der Waals surface area contributed by atoms with E-state index in [2.05, 4.69) is 26.2 Å². The lowest BCUT2D eigenvalue weighted by Crippen LogP contribution is -2.18. The van der Waals surface area contributed by atoms with Crippen LogP contribution in [0.2, 0.25) is 0 Å². The van der Waals surface area contributed by atoms with E-state index in [0.29, 0.717) is 22.8 Å². The number of benzene rings is 1. The molecule has 1 aromatic carbocycles. The first-order valence-corrected chi connectivity index (χ1v) is 6.77. The Morgan fingerprint density at radius 1 is 1.35 bits per heavy atom. The molecule has 2 rings (SSSR count). The van der Waals surface area contributed by atoms with Crippen molar-refractivity contribution in [2.75, 3.05) is 30.0 Å². The molecule has 0 atom stereocenters. The SMILES string of the molecule is CN(C)c1ncccc1NC(=O)c1cc(Br)ccc1N. The van der Waals surface area contributed by atoms with Crippen LogP contribution < -0.4 is 16.0 Å². The average Bonchev–Trinajstić information content (AvgIpc) is 2.41. The van der Waals surface area contributed by atoms with Gasteiger partial charge in [-0.05, 0) is 30.3 Å². The van der Waals surface area contributed by atoms with Crippen LogP contribution in [0.1, 0.15) is 10.4 Å². The summed E-state index contributed by atoms with van der Waals surface area (Å²) in [6.07, 6.45) is 1.68. The molecule has 0 spiro atoms. The Kier molecular flexibility index (Phi) is 4.24. The Balaban J connectivity index is 2.31. The second kappa shape index (κ2) is 5.92. The van der Waals surface area contributed by atoms with Gasteiger partial charge < -0.3 is 16.0 Å². The lowest BCUT2D eigenvalue weighted by Gasteiger charge is -2.16. The highest BCUT2D eigenvalue weighted by Gasteiger charge is 2.13. The molecule has 0 unspecified atom stereocenters. The van der Waals surface area contributed by atoms with Gasteiger partial charge in [-0.1, -0.05) is 15.9 Å². The third-order valence-corrected chi connectivity index (χ3v) is 3.21. The number of hydrogen-bond donors (Lipinski definition) is 2. The van der Waals surface area contributed by atoms with Crippen molar-refractivity contribution in [2.24, 2.45) is 0 Å². The number of halogens is 1. The number of nitrogen functional groups attached to an aromatic ring is 1. The average molecular weight is 335 g/mol. The van der Waals surface area contributed by atoms with E-state index in [1.807, 2.05) is 19.0 Å². The second-order valence-electron chi connectivity index (χ2n) is 4.45. The predicted molar refractivity (Wildman–Crippen MR) is 85.1 cm³/mol. The van der Waals surface area contributed by atoms with Crippen molar-refractivity contribution in [2.45, 2.75) is 0 Å². The molecule has 0 saturated carbocycles. The van der Waals surface area contributed by atoms with Gasteiger partial charge in [0.2, 0.25) is 0 Å². The van der Waals surface area contributed by atoms with Gasteiger partial charge >= 0.3 is 0 Å². The number of rotatable bonds is 3. The monoisotopic (exact) mass is 334 g/mol. The summed E-state index contributed by atoms with van der Waals surface area (Å²) >= 11 is 3.33. The Morgan fingerprint density at radius 2 is 2.10 bits per heavy atom. The van der Waals surface area contributed by atoms with E-state index in [0.717, 1.165) is 4.47 Å². The molecule has 0 aliphatic rings. The van der Waals surface area contributed by atoms with E-state index >= 15 is 0 Å². The highest BCUT2D eigenvalue weighted by molar-refractivity contribution is 9.10. The molecule has 3 N–H and O–H groups in total. The number of nitrogens with zero attached hydrogens (tertiary/aromatic N) is 2. The topological polar surface area (TPSA) is 71.2 Å². The summed E-state index contributed by atoms with van der Waals surface area (Å²) in [5.41, 5.74) is 7.33. The molecule has 6 heteroatoms. The first-order valence-electron chi connectivity index (χ1n) is 5.97. The zero-order valence-corrected chi connectivity index (χ0v) is 12.8. The largest absolute Gasteiger partial charge is 0.398 e. The third kappa shape index (κ3) is 3.08. The summed E-state index contributed by atoms with van der Waals surface area (Å²) in [5, 5.41) is 2.83. The quantitative estimate of drug-likeness (QED) is 0.846. The first kappa shape index (κ1) is 14.3. The van der Waals surface area contributed by atoms with Gasteiger partial charge in [0.25, 0.3) is 5.91 Å². The maximum atomic E-state index is 12.3. The van der Waals surface area contributed by atoms with Gasteiger partial charge in [-0.2, -0.15) is 0 Å². The lowest BCUT2D eigenvalue weighted by molar-refractivity contribution is 0.102. The highest BCUT2D eigenvalue weighted by Crippen LogP contribution is 2.23. The van der Waals surface area contributed by atoms with Gasteiger partial charge in [-0.15, -0.1) is 0 Å². The minimum Gasteiger partial charge on any atom is -0.398 e. The molecule has 2 aromatic rings. The van der Waals surface area contributed by atoms with Crippen molar-refractivity contribution in [1.82, 2.24) is 4.98 Å². The van der Waals surface area contributed by atoms with Crippen molar-refractivity contribution < 1.29 is 4.79 Å². The molecular formula is C14H15BrN4O. The minimum atomic E-state index is -0.264. The van der Waals surface area contributed by atoms with Crippen molar-refractivity contribution in [1.29, 1.82) is 0 Å². The van der Waals surface area contributed by atoms with E-state index in [-0.39, 0.29) is 5.91 Å². The Hall–Kier alpha value is -2.08. The molecule has 104 valence electrons. The molecule has 20 heavy (non-hydrogen) atoms. The van der Waals surface area contributed by atoms with Crippen molar-refractivity contribution >= 4 is 39.0 Å². The fourth-order valence-corrected chi connectivity index (χ4v) is 2.13. The molecule has 1 heterocycles. The van der Waals surface area contributed by atoms with E-state index in [1.165, 1.54) is 0 Å². The van der Waals surface area contributed by atoms with Crippen molar-refractivity contribution in [3.63, 3.8) is 0 Å². The molecule has 5 nitrogen and oxygen atoms in total. The highest BCUT2D eigenvalue weighted by atomic mass is 79.9. The molecule has 1 amide bonds. The fourth-order valence-electron chi connectivity index (χ4n) is 1.77. The molecule has 1 aromatic heterocycles. The number of aromatic nitrogens is 1. The summed E-state index contributed by atoms with van der Waals surface area (Å²) in [6, 6.07) is 8.74. The van der Waals surface area contributed by atoms with E-state index < -0.39 is 0 Å². The van der Waals surface area contributed by atoms with Crippen LogP contribution in [-0.2, 0) is 0 Å². The van der Waals surface area contributed by atoms with Crippen LogP contribution >= 0.6 is 15.9 Å². The van der Waals surface area contributed by atoms with Crippen LogP contribution in [0.15, 0.2) is 41.0 Å². The van der Waals surface area contributed by atoms with Gasteiger partial charge in [0.15, 0.2) is 5.82 Å². The zero-order valence-electron chi connectivity index (χ0n) is 11.2. The molecule has 0 bridgehead atoms. The Morgan fingerprint density at radius 3 is 2.80 bits per heavy atom. The van der Waals surface area contributed by atoms with Gasteiger partial charge in [0.05, 0.1) is 11.3 Å². The van der Waals surface area contributed by atoms with Crippen molar-refractivity contribution in [3.05, 3.63) is 46.6 Å². The number of amides is 1. The predicted octanol–water partition coefficient (Wildman–Crippen LogP) is 2.74. The van der Waals surface area contributed by atoms with Crippen LogP contribution in [0.5, 0.6) is 0 Å². The summed E-state index contributed by atoms with van der Waals surface area (Å²) in [6.45, 7) is 0. The number of hydrogen-bond acceptors (Lipinski definition) is 4. The van der Waals surface area contributed by atoms with E-state index in [4.69, 9.17) is 5.73 Å². The second-order valence-corrected chi connectivity index (χ2v) is 5.37. The first-order chi connectivity index (χ1) is 9.49. The summed E-state index contributed by atoms with van der Waals surface area (Å²) < 4.78 is 0.802. The summed E-state index contributed by atoms with van der Waals surface area (Å²) in [5.74, 6) is 0.425. The zero-order chi connectivity index (χ0) is 14.7. The van der Waals surface area contributed by atoms with Crippen molar-refractivity contribution in [3.8, 4) is 0 Å². The van der Waals surface area contributed by atoms with Gasteiger partial charge in [0.1, 0.15) is 0 Å². The number of anilines is 3. The van der Waals surface area contributed by atoms with Crippen LogP contribution in [0.3, 0.4) is 0 Å². The maximum Gasteiger partial charge on any atom is 0.257 e. The Labute approximate surface area is 125 Å². The van der Waals surface area contributed by atoms with Crippen LogP contribution in [-0.4, -0.2) is 25.0 Å². The van der Waals surface area contributed by atoms with Crippen LogP contribution in [0.25, 0.3) is 0 Å². The van der Waals surface area contributed by atoms with Gasteiger partial charge in [-0.25, -0.2) is 4.98 Å². The number of carbonyl (C=O) groups excluding carboxylic acids is 1. The fraction of sp³-hybridized carbons (Fsp3) is 0.143. The number of nitrogens with one attached hydrogen (secondary N) is 1. The molecule has 0 aliphatic heterocycles. The standard InChI is InChI=1S/C14H15BrN4O/c1-19(2)13-12(4-3-7-17-13)18-14(20)10-8-9(15)5-6-11(10)16/h3-8H,16H2,1-2H3,(H,18,20). The number of carbonyl (C=O) groups is 1. The van der Waals surface area contributed by atoms with Crippen LogP contribution in [0.4, 0.5) is 17.2 Å². The summed E-state index contributed by atoms with van der Waals surface area (Å²) in [7, 11) is 3.73. The molecule has 0 saturated heterocycles. The number of pyridine rings is 1. The normalized spacial score (nSPS) is 10.2. The lowest BCUT2D eigenvalue weighted by atomic mass is 10.1. The Bertz CT molecular complexity index is 643. The van der Waals surface area contributed by atoms with Gasteiger partial charge in [-0.3, -0.25) is 4.79 Å². The molecule has 0 aliphatic carbocycles. The van der Waals surface area contributed by atoms with Crippen LogP contribution in [0, 0.1) is 0 Å².